The van der Waals surface area contributed by atoms with Gasteiger partial charge in [0.2, 0.25) is 5.91 Å². The van der Waals surface area contributed by atoms with Crippen molar-refractivity contribution < 1.29 is 18.7 Å². The summed E-state index contributed by atoms with van der Waals surface area (Å²) in [4.78, 5) is 43.4. The van der Waals surface area contributed by atoms with E-state index in [1.807, 2.05) is 54.8 Å². The monoisotopic (exact) mass is 531 g/mol. The van der Waals surface area contributed by atoms with Gasteiger partial charge < -0.3 is 14.5 Å². The number of ether oxygens (including phenoxy) is 1. The Morgan fingerprint density at radius 2 is 1.84 bits per heavy atom. The Morgan fingerprint density at radius 1 is 1.08 bits per heavy atom. The zero-order valence-corrected chi connectivity index (χ0v) is 21.5. The lowest BCUT2D eigenvalue weighted by atomic mass is 10.2. The van der Waals surface area contributed by atoms with Crippen molar-refractivity contribution in [3.05, 3.63) is 93.8 Å². The lowest BCUT2D eigenvalue weighted by molar-refractivity contribution is -0.113. The Morgan fingerprint density at radius 3 is 2.51 bits per heavy atom. The summed E-state index contributed by atoms with van der Waals surface area (Å²) in [7, 11) is 1.31. The molecule has 0 saturated heterocycles. The quantitative estimate of drug-likeness (QED) is 0.167. The topological polar surface area (TPSA) is 103 Å². The van der Waals surface area contributed by atoms with Crippen LogP contribution in [0.2, 0.25) is 0 Å². The molecule has 8 nitrogen and oxygen atoms in total. The van der Waals surface area contributed by atoms with Gasteiger partial charge in [0, 0.05) is 16.6 Å². The molecule has 0 spiro atoms. The van der Waals surface area contributed by atoms with Crippen molar-refractivity contribution in [1.29, 1.82) is 0 Å². The number of para-hydroxylation sites is 1. The van der Waals surface area contributed by atoms with Gasteiger partial charge in [0.05, 0.1) is 29.5 Å². The van der Waals surface area contributed by atoms with Crippen molar-refractivity contribution >= 4 is 50.9 Å². The fourth-order valence-electron chi connectivity index (χ4n) is 3.77. The maximum atomic E-state index is 13.8. The average molecular weight is 532 g/mol. The molecule has 0 bridgehead atoms. The Labute approximate surface area is 219 Å². The predicted molar refractivity (Wildman–Crippen MR) is 145 cm³/mol. The molecular weight excluding hydrogens is 510 g/mol. The number of hydrogen-bond donors (Lipinski definition) is 1. The highest BCUT2D eigenvalue weighted by molar-refractivity contribution is 7.99. The van der Waals surface area contributed by atoms with Crippen LogP contribution in [0.1, 0.15) is 16.1 Å². The number of aryl methyl sites for hydroxylation is 1. The molecule has 1 N–H and O–H groups in total. The lowest BCUT2D eigenvalue weighted by Crippen LogP contribution is -2.22. The number of amides is 1. The molecule has 37 heavy (non-hydrogen) atoms. The van der Waals surface area contributed by atoms with E-state index in [2.05, 4.69) is 5.32 Å². The highest BCUT2D eigenvalue weighted by atomic mass is 32.2. The predicted octanol–water partition coefficient (Wildman–Crippen LogP) is 5.53. The third kappa shape index (κ3) is 5.07. The third-order valence-electron chi connectivity index (χ3n) is 5.52. The number of benzene rings is 2. The molecule has 0 aliphatic heterocycles. The number of aromatic nitrogens is 2. The van der Waals surface area contributed by atoms with E-state index in [0.29, 0.717) is 43.6 Å². The van der Waals surface area contributed by atoms with Crippen molar-refractivity contribution in [2.24, 2.45) is 0 Å². The summed E-state index contributed by atoms with van der Waals surface area (Å²) in [6.07, 6.45) is 0. The van der Waals surface area contributed by atoms with Crippen LogP contribution >= 0.6 is 23.1 Å². The molecule has 1 amide bonds. The highest BCUT2D eigenvalue weighted by Gasteiger charge is 2.20. The summed E-state index contributed by atoms with van der Waals surface area (Å²) >= 11 is 2.52. The van der Waals surface area contributed by atoms with Crippen LogP contribution in [0.3, 0.4) is 0 Å². The first kappa shape index (κ1) is 24.5. The van der Waals surface area contributed by atoms with Gasteiger partial charge in [-0.1, -0.05) is 30.0 Å². The molecule has 3 aromatic heterocycles. The normalized spacial score (nSPS) is 11.0. The molecule has 5 rings (SSSR count). The van der Waals surface area contributed by atoms with Crippen molar-refractivity contribution in [2.75, 3.05) is 18.2 Å². The molecule has 0 saturated carbocycles. The minimum Gasteiger partial charge on any atom is -0.465 e. The molecular formula is C27H21N3O5S2. The molecule has 0 fully saturated rings. The molecule has 5 aromatic rings. The summed E-state index contributed by atoms with van der Waals surface area (Å²) in [5, 5.41) is 5.55. The van der Waals surface area contributed by atoms with E-state index >= 15 is 0 Å². The Kier molecular flexibility index (Phi) is 6.93. The van der Waals surface area contributed by atoms with Crippen LogP contribution in [0.15, 0.2) is 86.5 Å². The summed E-state index contributed by atoms with van der Waals surface area (Å²) in [6.45, 7) is 1.85. The summed E-state index contributed by atoms with van der Waals surface area (Å²) < 4.78 is 12.0. The van der Waals surface area contributed by atoms with E-state index in [9.17, 15) is 14.4 Å². The number of rotatable bonds is 7. The average Bonchev–Trinajstić information content (AvgIpc) is 3.54. The van der Waals surface area contributed by atoms with Crippen molar-refractivity contribution in [3.8, 4) is 17.0 Å². The molecule has 186 valence electrons. The van der Waals surface area contributed by atoms with E-state index in [1.165, 1.54) is 34.8 Å². The van der Waals surface area contributed by atoms with Crippen LogP contribution in [0.5, 0.6) is 0 Å². The Balaban J connectivity index is 1.45. The number of thiophene rings is 1. The fourth-order valence-corrected chi connectivity index (χ4v) is 5.55. The van der Waals surface area contributed by atoms with Gasteiger partial charge in [-0.05, 0) is 55.5 Å². The van der Waals surface area contributed by atoms with Gasteiger partial charge in [0.1, 0.15) is 16.4 Å². The molecule has 0 aliphatic carbocycles. The number of hydrogen-bond acceptors (Lipinski definition) is 8. The first-order valence-corrected chi connectivity index (χ1v) is 13.1. The summed E-state index contributed by atoms with van der Waals surface area (Å²) in [6, 6.07) is 19.3. The molecule has 0 atom stereocenters. The van der Waals surface area contributed by atoms with E-state index in [4.69, 9.17) is 14.1 Å². The molecule has 3 heterocycles. The number of carbonyl (C=O) groups excluding carboxylic acids is 2. The second-order valence-corrected chi connectivity index (χ2v) is 9.82. The smallest absolute Gasteiger partial charge is 0.337 e. The second-order valence-electron chi connectivity index (χ2n) is 8.02. The van der Waals surface area contributed by atoms with Gasteiger partial charge >= 0.3 is 5.97 Å². The molecule has 0 aliphatic rings. The number of carbonyl (C=O) groups is 2. The van der Waals surface area contributed by atoms with Gasteiger partial charge in [0.25, 0.3) is 5.56 Å². The van der Waals surface area contributed by atoms with Crippen LogP contribution < -0.4 is 10.9 Å². The van der Waals surface area contributed by atoms with Crippen LogP contribution in [-0.2, 0) is 9.53 Å². The number of nitrogens with zero attached hydrogens (tertiary/aromatic N) is 2. The number of furan rings is 1. The van der Waals surface area contributed by atoms with E-state index < -0.39 is 5.97 Å². The van der Waals surface area contributed by atoms with Crippen LogP contribution in [0.25, 0.3) is 27.2 Å². The van der Waals surface area contributed by atoms with Crippen LogP contribution in [0, 0.1) is 6.92 Å². The van der Waals surface area contributed by atoms with Gasteiger partial charge in [-0.25, -0.2) is 9.78 Å². The SMILES string of the molecule is COC(=O)c1ccc(NC(=O)CSc2nc3scc(-c4ccc(C)o4)c3c(=O)n2-c2ccccc2)cc1. The largest absolute Gasteiger partial charge is 0.465 e. The molecule has 0 radical (unpaired) electrons. The van der Waals surface area contributed by atoms with E-state index in [-0.39, 0.29) is 17.2 Å². The number of anilines is 1. The van der Waals surface area contributed by atoms with Gasteiger partial charge in [-0.2, -0.15) is 0 Å². The Hall–Kier alpha value is -4.15. The maximum Gasteiger partial charge on any atom is 0.337 e. The van der Waals surface area contributed by atoms with Crippen molar-refractivity contribution in [3.63, 3.8) is 0 Å². The summed E-state index contributed by atoms with van der Waals surface area (Å²) in [5.41, 5.74) is 2.04. The number of methoxy groups -OCH3 is 1. The maximum absolute atomic E-state index is 13.8. The number of thioether (sulfide) groups is 1. The fraction of sp³-hybridized carbons (Fsp3) is 0.111. The van der Waals surface area contributed by atoms with E-state index in [0.717, 1.165) is 5.76 Å². The minimum absolute atomic E-state index is 0.0269. The zero-order chi connectivity index (χ0) is 25.9. The van der Waals surface area contributed by atoms with Gasteiger partial charge in [-0.3, -0.25) is 14.2 Å². The second kappa shape index (κ2) is 10.5. The van der Waals surface area contributed by atoms with Gasteiger partial charge in [-0.15, -0.1) is 11.3 Å². The zero-order valence-electron chi connectivity index (χ0n) is 19.9. The molecule has 0 unspecified atom stereocenters. The minimum atomic E-state index is -0.451. The number of fused-ring (bicyclic) bond motifs is 1. The summed E-state index contributed by atoms with van der Waals surface area (Å²) in [5.74, 6) is 0.665. The highest BCUT2D eigenvalue weighted by Crippen LogP contribution is 2.34. The first-order chi connectivity index (χ1) is 17.9. The van der Waals surface area contributed by atoms with Crippen molar-refractivity contribution in [2.45, 2.75) is 12.1 Å². The van der Waals surface area contributed by atoms with Crippen LogP contribution in [0.4, 0.5) is 5.69 Å². The van der Waals surface area contributed by atoms with Crippen molar-refractivity contribution in [1.82, 2.24) is 9.55 Å². The third-order valence-corrected chi connectivity index (χ3v) is 7.33. The number of nitrogens with one attached hydrogen (secondary N) is 1. The number of esters is 1. The Bertz CT molecular complexity index is 1650. The lowest BCUT2D eigenvalue weighted by Gasteiger charge is -2.12. The van der Waals surface area contributed by atoms with Gasteiger partial charge in [0.15, 0.2) is 5.16 Å². The van der Waals surface area contributed by atoms with Crippen LogP contribution in [-0.4, -0.2) is 34.3 Å². The standard InChI is InChI=1S/C27H21N3O5S2/c1-16-8-13-21(35-16)20-14-36-24-23(20)25(32)30(19-6-4-3-5-7-19)27(29-24)37-15-22(31)28-18-11-9-17(10-12-18)26(33)34-2/h3-14H,15H2,1-2H3,(H,28,31). The molecule has 2 aromatic carbocycles. The first-order valence-electron chi connectivity index (χ1n) is 11.2. The molecule has 10 heteroatoms. The van der Waals surface area contributed by atoms with E-state index in [1.54, 1.807) is 24.3 Å².